The van der Waals surface area contributed by atoms with Gasteiger partial charge in [0.25, 0.3) is 0 Å². The Morgan fingerprint density at radius 1 is 1.09 bits per heavy atom. The second-order valence-electron chi connectivity index (χ2n) is 5.92. The maximum atomic E-state index is 13.2. The van der Waals surface area contributed by atoms with Crippen molar-refractivity contribution in [2.75, 3.05) is 32.7 Å². The van der Waals surface area contributed by atoms with Crippen molar-refractivity contribution in [2.24, 2.45) is 0 Å². The number of piperazine rings is 1. The van der Waals surface area contributed by atoms with Crippen LogP contribution in [0.3, 0.4) is 0 Å². The molecule has 2 heterocycles. The summed E-state index contributed by atoms with van der Waals surface area (Å²) in [6, 6.07) is 6.92. The normalized spacial score (nSPS) is 17.0. The van der Waals surface area contributed by atoms with E-state index < -0.39 is 0 Å². The van der Waals surface area contributed by atoms with Crippen LogP contribution < -0.4 is 0 Å². The highest BCUT2D eigenvalue weighted by Gasteiger charge is 2.17. The number of halogens is 1. The summed E-state index contributed by atoms with van der Waals surface area (Å²) in [5.74, 6) is 0.927. The predicted octanol–water partition coefficient (Wildman–Crippen LogP) is 2.15. The lowest BCUT2D eigenvalue weighted by Gasteiger charge is -2.34. The summed E-state index contributed by atoms with van der Waals surface area (Å²) >= 11 is 0. The SMILES string of the molecule is Cc1nccn1CCN1CCN(Cc2cccc(F)c2)CC1. The number of aromatic nitrogens is 2. The number of benzene rings is 1. The second-order valence-corrected chi connectivity index (χ2v) is 5.92. The molecule has 22 heavy (non-hydrogen) atoms. The van der Waals surface area contributed by atoms with Crippen LogP contribution in [0.5, 0.6) is 0 Å². The molecule has 0 saturated carbocycles. The highest BCUT2D eigenvalue weighted by molar-refractivity contribution is 5.16. The van der Waals surface area contributed by atoms with Crippen molar-refractivity contribution < 1.29 is 4.39 Å². The zero-order valence-electron chi connectivity index (χ0n) is 13.1. The summed E-state index contributed by atoms with van der Waals surface area (Å²) in [4.78, 5) is 9.14. The summed E-state index contributed by atoms with van der Waals surface area (Å²) < 4.78 is 15.4. The summed E-state index contributed by atoms with van der Waals surface area (Å²) in [5, 5.41) is 0. The molecular weight excluding hydrogens is 279 g/mol. The van der Waals surface area contributed by atoms with Gasteiger partial charge < -0.3 is 4.57 Å². The molecule has 0 aliphatic carbocycles. The van der Waals surface area contributed by atoms with E-state index in [0.717, 1.165) is 57.2 Å². The van der Waals surface area contributed by atoms with Crippen LogP contribution in [0, 0.1) is 12.7 Å². The highest BCUT2D eigenvalue weighted by Crippen LogP contribution is 2.10. The molecule has 1 saturated heterocycles. The van der Waals surface area contributed by atoms with Gasteiger partial charge in [-0.1, -0.05) is 12.1 Å². The van der Waals surface area contributed by atoms with Crippen LogP contribution in [0.15, 0.2) is 36.7 Å². The van der Waals surface area contributed by atoms with E-state index in [1.165, 1.54) is 6.07 Å². The average Bonchev–Trinajstić information content (AvgIpc) is 2.92. The van der Waals surface area contributed by atoms with Crippen molar-refractivity contribution in [1.82, 2.24) is 19.4 Å². The minimum absolute atomic E-state index is 0.146. The van der Waals surface area contributed by atoms with Crippen LogP contribution in [0.2, 0.25) is 0 Å². The summed E-state index contributed by atoms with van der Waals surface area (Å²) in [7, 11) is 0. The van der Waals surface area contributed by atoms with Crippen molar-refractivity contribution in [1.29, 1.82) is 0 Å². The van der Waals surface area contributed by atoms with Gasteiger partial charge in [-0.15, -0.1) is 0 Å². The van der Waals surface area contributed by atoms with E-state index in [1.54, 1.807) is 12.1 Å². The molecule has 1 aromatic carbocycles. The lowest BCUT2D eigenvalue weighted by Crippen LogP contribution is -2.46. The molecule has 1 aliphatic heterocycles. The van der Waals surface area contributed by atoms with Crippen molar-refractivity contribution in [3.05, 3.63) is 53.9 Å². The minimum atomic E-state index is -0.146. The van der Waals surface area contributed by atoms with Crippen LogP contribution >= 0.6 is 0 Å². The molecule has 5 heteroatoms. The Hall–Kier alpha value is -1.72. The standard InChI is InChI=1S/C17H23FN4/c1-15-19-5-6-22(15)12-11-20-7-9-21(10-8-20)14-16-3-2-4-17(18)13-16/h2-6,13H,7-12,14H2,1H3. The Kier molecular flexibility index (Phi) is 4.85. The fraction of sp³-hybridized carbons (Fsp3) is 0.471. The zero-order valence-corrected chi connectivity index (χ0v) is 13.1. The zero-order chi connectivity index (χ0) is 15.4. The molecule has 0 bridgehead atoms. The van der Waals surface area contributed by atoms with E-state index in [4.69, 9.17) is 0 Å². The van der Waals surface area contributed by atoms with Gasteiger partial charge in [-0.3, -0.25) is 9.80 Å². The molecule has 0 radical (unpaired) electrons. The molecule has 0 atom stereocenters. The van der Waals surface area contributed by atoms with Crippen molar-refractivity contribution >= 4 is 0 Å². The fourth-order valence-corrected chi connectivity index (χ4v) is 2.95. The molecule has 0 amide bonds. The Morgan fingerprint density at radius 2 is 1.86 bits per heavy atom. The van der Waals surface area contributed by atoms with Gasteiger partial charge in [0, 0.05) is 58.2 Å². The molecule has 4 nitrogen and oxygen atoms in total. The maximum absolute atomic E-state index is 13.2. The summed E-state index contributed by atoms with van der Waals surface area (Å²) in [5.41, 5.74) is 1.06. The first-order chi connectivity index (χ1) is 10.7. The molecular formula is C17H23FN4. The van der Waals surface area contributed by atoms with E-state index in [2.05, 4.69) is 19.4 Å². The second kappa shape index (κ2) is 7.03. The van der Waals surface area contributed by atoms with Crippen LogP contribution in [0.1, 0.15) is 11.4 Å². The van der Waals surface area contributed by atoms with Crippen LogP contribution in [-0.2, 0) is 13.1 Å². The third kappa shape index (κ3) is 3.93. The maximum Gasteiger partial charge on any atom is 0.123 e. The van der Waals surface area contributed by atoms with E-state index in [-0.39, 0.29) is 5.82 Å². The molecule has 1 fully saturated rings. The average molecular weight is 302 g/mol. The van der Waals surface area contributed by atoms with Crippen LogP contribution in [-0.4, -0.2) is 52.1 Å². The van der Waals surface area contributed by atoms with E-state index in [9.17, 15) is 4.39 Å². The number of hydrogen-bond donors (Lipinski definition) is 0. The number of nitrogens with zero attached hydrogens (tertiary/aromatic N) is 4. The predicted molar refractivity (Wildman–Crippen MR) is 85.1 cm³/mol. The fourth-order valence-electron chi connectivity index (χ4n) is 2.95. The highest BCUT2D eigenvalue weighted by atomic mass is 19.1. The van der Waals surface area contributed by atoms with Gasteiger partial charge in [-0.25, -0.2) is 9.37 Å². The van der Waals surface area contributed by atoms with Crippen LogP contribution in [0.25, 0.3) is 0 Å². The van der Waals surface area contributed by atoms with Crippen molar-refractivity contribution in [3.63, 3.8) is 0 Å². The van der Waals surface area contributed by atoms with Gasteiger partial charge in [0.15, 0.2) is 0 Å². The third-order valence-corrected chi connectivity index (χ3v) is 4.34. The Bertz CT molecular complexity index is 602. The van der Waals surface area contributed by atoms with Crippen molar-refractivity contribution in [2.45, 2.75) is 20.0 Å². The molecule has 0 unspecified atom stereocenters. The molecule has 0 N–H and O–H groups in total. The van der Waals surface area contributed by atoms with Crippen molar-refractivity contribution in [3.8, 4) is 0 Å². The number of hydrogen-bond acceptors (Lipinski definition) is 3. The molecule has 1 aliphatic rings. The number of aryl methyl sites for hydroxylation is 1. The van der Waals surface area contributed by atoms with E-state index >= 15 is 0 Å². The van der Waals surface area contributed by atoms with Gasteiger partial charge in [-0.2, -0.15) is 0 Å². The number of imidazole rings is 1. The molecule has 118 valence electrons. The number of rotatable bonds is 5. The monoisotopic (exact) mass is 302 g/mol. The summed E-state index contributed by atoms with van der Waals surface area (Å²) in [6.45, 7) is 9.16. The third-order valence-electron chi connectivity index (χ3n) is 4.34. The minimum Gasteiger partial charge on any atom is -0.334 e. The quantitative estimate of drug-likeness (QED) is 0.846. The molecule has 1 aromatic heterocycles. The van der Waals surface area contributed by atoms with Gasteiger partial charge in [0.05, 0.1) is 0 Å². The molecule has 3 rings (SSSR count). The first-order valence-corrected chi connectivity index (χ1v) is 7.87. The van der Waals surface area contributed by atoms with E-state index in [1.807, 2.05) is 25.4 Å². The Labute approximate surface area is 131 Å². The van der Waals surface area contributed by atoms with E-state index in [0.29, 0.717) is 0 Å². The lowest BCUT2D eigenvalue weighted by molar-refractivity contribution is 0.124. The smallest absolute Gasteiger partial charge is 0.123 e. The largest absolute Gasteiger partial charge is 0.334 e. The molecule has 2 aromatic rings. The van der Waals surface area contributed by atoms with Gasteiger partial charge in [0.1, 0.15) is 11.6 Å². The Morgan fingerprint density at radius 3 is 2.55 bits per heavy atom. The van der Waals surface area contributed by atoms with Gasteiger partial charge in [0.2, 0.25) is 0 Å². The first-order valence-electron chi connectivity index (χ1n) is 7.87. The van der Waals surface area contributed by atoms with Gasteiger partial charge in [-0.05, 0) is 24.6 Å². The molecule has 0 spiro atoms. The lowest BCUT2D eigenvalue weighted by atomic mass is 10.2. The Balaban J connectivity index is 1.43. The summed E-state index contributed by atoms with van der Waals surface area (Å²) in [6.07, 6.45) is 3.89. The van der Waals surface area contributed by atoms with Crippen LogP contribution in [0.4, 0.5) is 4.39 Å². The first kappa shape index (κ1) is 15.2. The van der Waals surface area contributed by atoms with Gasteiger partial charge >= 0.3 is 0 Å². The topological polar surface area (TPSA) is 24.3 Å².